The summed E-state index contributed by atoms with van der Waals surface area (Å²) in [4.78, 5) is 4.20. The minimum absolute atomic E-state index is 0.474. The molecule has 2 heterocycles. The number of para-hydroxylation sites is 1. The van der Waals surface area contributed by atoms with Gasteiger partial charge in [0.2, 0.25) is 5.88 Å². The van der Waals surface area contributed by atoms with Crippen LogP contribution in [0.1, 0.15) is 17.9 Å². The van der Waals surface area contributed by atoms with E-state index in [4.69, 9.17) is 9.47 Å². The zero-order chi connectivity index (χ0) is 13.8. The highest BCUT2D eigenvalue weighted by atomic mass is 16.5. The number of methoxy groups -OCH3 is 1. The second-order valence-electron chi connectivity index (χ2n) is 4.84. The van der Waals surface area contributed by atoms with E-state index in [0.29, 0.717) is 11.8 Å². The third-order valence-electron chi connectivity index (χ3n) is 3.58. The SMILES string of the molecule is COc1ccc(NCC2CCOc3ccccc32)cn1. The number of benzene rings is 1. The number of pyridine rings is 1. The van der Waals surface area contributed by atoms with Gasteiger partial charge < -0.3 is 14.8 Å². The van der Waals surface area contributed by atoms with Crippen molar-refractivity contribution in [3.8, 4) is 11.6 Å². The first-order valence-corrected chi connectivity index (χ1v) is 6.82. The quantitative estimate of drug-likeness (QED) is 0.927. The first kappa shape index (κ1) is 12.8. The molecule has 0 saturated heterocycles. The van der Waals surface area contributed by atoms with Crippen LogP contribution in [0, 0.1) is 0 Å². The molecule has 1 N–H and O–H groups in total. The van der Waals surface area contributed by atoms with Gasteiger partial charge in [0.25, 0.3) is 0 Å². The van der Waals surface area contributed by atoms with E-state index in [0.717, 1.165) is 31.0 Å². The van der Waals surface area contributed by atoms with E-state index >= 15 is 0 Å². The number of hydrogen-bond acceptors (Lipinski definition) is 4. The second-order valence-corrected chi connectivity index (χ2v) is 4.84. The monoisotopic (exact) mass is 270 g/mol. The van der Waals surface area contributed by atoms with E-state index in [9.17, 15) is 0 Å². The lowest BCUT2D eigenvalue weighted by atomic mass is 9.93. The predicted molar refractivity (Wildman–Crippen MR) is 78.6 cm³/mol. The summed E-state index contributed by atoms with van der Waals surface area (Å²) in [6, 6.07) is 12.1. The van der Waals surface area contributed by atoms with E-state index in [1.54, 1.807) is 13.3 Å². The number of ether oxygens (including phenoxy) is 2. The molecule has 104 valence electrons. The van der Waals surface area contributed by atoms with Crippen LogP contribution in [0.3, 0.4) is 0 Å². The Kier molecular flexibility index (Phi) is 3.72. The minimum atomic E-state index is 0.474. The number of aromatic nitrogens is 1. The summed E-state index contributed by atoms with van der Waals surface area (Å²) in [6.45, 7) is 1.67. The van der Waals surface area contributed by atoms with E-state index in [-0.39, 0.29) is 0 Å². The fourth-order valence-electron chi connectivity index (χ4n) is 2.47. The molecule has 1 aromatic heterocycles. The van der Waals surface area contributed by atoms with Crippen molar-refractivity contribution < 1.29 is 9.47 Å². The molecule has 0 saturated carbocycles. The van der Waals surface area contributed by atoms with Crippen molar-refractivity contribution in [2.45, 2.75) is 12.3 Å². The molecule has 0 fully saturated rings. The zero-order valence-electron chi connectivity index (χ0n) is 11.5. The topological polar surface area (TPSA) is 43.4 Å². The fraction of sp³-hybridized carbons (Fsp3) is 0.312. The molecule has 1 aromatic carbocycles. The molecule has 0 aliphatic carbocycles. The molecule has 2 aromatic rings. The average Bonchev–Trinajstić information content (AvgIpc) is 2.53. The van der Waals surface area contributed by atoms with Crippen LogP contribution in [0.5, 0.6) is 11.6 Å². The van der Waals surface area contributed by atoms with Gasteiger partial charge in [-0.2, -0.15) is 0 Å². The standard InChI is InChI=1S/C16H18N2O2/c1-19-16-7-6-13(11-18-16)17-10-12-8-9-20-15-5-3-2-4-14(12)15/h2-7,11-12,17H,8-10H2,1H3. The molecule has 1 aliphatic rings. The maximum atomic E-state index is 5.68. The largest absolute Gasteiger partial charge is 0.493 e. The van der Waals surface area contributed by atoms with Crippen LogP contribution in [0.2, 0.25) is 0 Å². The lowest BCUT2D eigenvalue weighted by Gasteiger charge is -2.26. The normalized spacial score (nSPS) is 16.9. The highest BCUT2D eigenvalue weighted by Crippen LogP contribution is 2.33. The van der Waals surface area contributed by atoms with E-state index in [2.05, 4.69) is 22.4 Å². The molecule has 1 atom stereocenters. The lowest BCUT2D eigenvalue weighted by Crippen LogP contribution is -2.20. The third kappa shape index (κ3) is 2.69. The first-order chi connectivity index (χ1) is 9.86. The molecule has 4 heteroatoms. The molecular weight excluding hydrogens is 252 g/mol. The van der Waals surface area contributed by atoms with Gasteiger partial charge in [0, 0.05) is 18.5 Å². The van der Waals surface area contributed by atoms with Crippen molar-refractivity contribution in [3.05, 3.63) is 48.2 Å². The van der Waals surface area contributed by atoms with Crippen LogP contribution in [0.4, 0.5) is 5.69 Å². The van der Waals surface area contributed by atoms with Gasteiger partial charge in [0.05, 0.1) is 25.6 Å². The van der Waals surface area contributed by atoms with Gasteiger partial charge in [-0.05, 0) is 24.1 Å². The average molecular weight is 270 g/mol. The maximum Gasteiger partial charge on any atom is 0.213 e. The lowest BCUT2D eigenvalue weighted by molar-refractivity contribution is 0.270. The Labute approximate surface area is 118 Å². The predicted octanol–water partition coefficient (Wildman–Crippen LogP) is 3.07. The Morgan fingerprint density at radius 2 is 2.20 bits per heavy atom. The summed E-state index contributed by atoms with van der Waals surface area (Å²) < 4.78 is 10.7. The van der Waals surface area contributed by atoms with Gasteiger partial charge in [0.1, 0.15) is 5.75 Å². The summed E-state index contributed by atoms with van der Waals surface area (Å²) in [5, 5.41) is 3.43. The Hall–Kier alpha value is -2.23. The van der Waals surface area contributed by atoms with Gasteiger partial charge in [-0.3, -0.25) is 0 Å². The van der Waals surface area contributed by atoms with Gasteiger partial charge in [-0.15, -0.1) is 0 Å². The summed E-state index contributed by atoms with van der Waals surface area (Å²) >= 11 is 0. The van der Waals surface area contributed by atoms with Gasteiger partial charge in [-0.1, -0.05) is 18.2 Å². The molecule has 0 radical (unpaired) electrons. The molecular formula is C16H18N2O2. The van der Waals surface area contributed by atoms with Gasteiger partial charge in [-0.25, -0.2) is 4.98 Å². The molecule has 0 bridgehead atoms. The molecule has 3 rings (SSSR count). The summed E-state index contributed by atoms with van der Waals surface area (Å²) in [5.41, 5.74) is 2.29. The number of rotatable bonds is 4. The highest BCUT2D eigenvalue weighted by Gasteiger charge is 2.20. The number of nitrogens with one attached hydrogen (secondary N) is 1. The van der Waals surface area contributed by atoms with E-state index in [1.165, 1.54) is 5.56 Å². The second kappa shape index (κ2) is 5.82. The van der Waals surface area contributed by atoms with Crippen LogP contribution in [0.15, 0.2) is 42.6 Å². The van der Waals surface area contributed by atoms with Gasteiger partial charge >= 0.3 is 0 Å². The van der Waals surface area contributed by atoms with Crippen LogP contribution in [-0.4, -0.2) is 25.2 Å². The zero-order valence-corrected chi connectivity index (χ0v) is 11.5. The fourth-order valence-corrected chi connectivity index (χ4v) is 2.47. The first-order valence-electron chi connectivity index (χ1n) is 6.82. The molecule has 4 nitrogen and oxygen atoms in total. The summed E-state index contributed by atoms with van der Waals surface area (Å²) in [5.74, 6) is 2.12. The molecule has 20 heavy (non-hydrogen) atoms. The van der Waals surface area contributed by atoms with Crippen molar-refractivity contribution in [2.75, 3.05) is 25.6 Å². The number of anilines is 1. The molecule has 0 amide bonds. The molecule has 1 unspecified atom stereocenters. The number of hydrogen-bond donors (Lipinski definition) is 1. The van der Waals surface area contributed by atoms with Crippen molar-refractivity contribution in [3.63, 3.8) is 0 Å². The van der Waals surface area contributed by atoms with Crippen molar-refractivity contribution in [1.82, 2.24) is 4.98 Å². The maximum absolute atomic E-state index is 5.68. The Morgan fingerprint density at radius 1 is 1.30 bits per heavy atom. The smallest absolute Gasteiger partial charge is 0.213 e. The summed E-state index contributed by atoms with van der Waals surface area (Å²) in [6.07, 6.45) is 2.83. The minimum Gasteiger partial charge on any atom is -0.493 e. The van der Waals surface area contributed by atoms with Crippen LogP contribution < -0.4 is 14.8 Å². The van der Waals surface area contributed by atoms with Crippen molar-refractivity contribution >= 4 is 5.69 Å². The summed E-state index contributed by atoms with van der Waals surface area (Å²) in [7, 11) is 1.62. The highest BCUT2D eigenvalue weighted by molar-refractivity contribution is 5.44. The number of fused-ring (bicyclic) bond motifs is 1. The van der Waals surface area contributed by atoms with E-state index in [1.807, 2.05) is 24.3 Å². The Morgan fingerprint density at radius 3 is 3.00 bits per heavy atom. The Bertz CT molecular complexity index is 569. The molecule has 1 aliphatic heterocycles. The molecule has 0 spiro atoms. The Balaban J connectivity index is 1.66. The third-order valence-corrected chi connectivity index (χ3v) is 3.58. The van der Waals surface area contributed by atoms with Crippen molar-refractivity contribution in [1.29, 1.82) is 0 Å². The van der Waals surface area contributed by atoms with Crippen LogP contribution in [-0.2, 0) is 0 Å². The van der Waals surface area contributed by atoms with E-state index < -0.39 is 0 Å². The van der Waals surface area contributed by atoms with Gasteiger partial charge in [0.15, 0.2) is 0 Å². The van der Waals surface area contributed by atoms with Crippen LogP contribution >= 0.6 is 0 Å². The van der Waals surface area contributed by atoms with Crippen molar-refractivity contribution in [2.24, 2.45) is 0 Å². The number of nitrogens with zero attached hydrogens (tertiary/aromatic N) is 1. The van der Waals surface area contributed by atoms with Crippen LogP contribution in [0.25, 0.3) is 0 Å².